The van der Waals surface area contributed by atoms with Crippen molar-refractivity contribution in [2.24, 2.45) is 0 Å². The Bertz CT molecular complexity index is 602. The lowest BCUT2D eigenvalue weighted by molar-refractivity contribution is 0.0696. The van der Waals surface area contributed by atoms with E-state index in [4.69, 9.17) is 9.84 Å². The number of aryl methyl sites for hydroxylation is 1. The third-order valence-electron chi connectivity index (χ3n) is 2.62. The highest BCUT2D eigenvalue weighted by Gasteiger charge is 2.12. The number of fused-ring (bicyclic) bond motifs is 1. The van der Waals surface area contributed by atoms with Gasteiger partial charge in [-0.2, -0.15) is 0 Å². The second-order valence-corrected chi connectivity index (χ2v) is 3.86. The minimum atomic E-state index is -1.08. The number of benzene rings is 2. The average molecular weight is 232 g/mol. The van der Waals surface area contributed by atoms with Gasteiger partial charge in [0.25, 0.3) is 0 Å². The predicted octanol–water partition coefficient (Wildman–Crippen LogP) is 2.56. The van der Waals surface area contributed by atoms with E-state index in [2.05, 4.69) is 0 Å². The molecule has 0 atom stereocenters. The minimum Gasteiger partial charge on any atom is -0.507 e. The van der Waals surface area contributed by atoms with Gasteiger partial charge < -0.3 is 14.9 Å². The van der Waals surface area contributed by atoms with E-state index in [-0.39, 0.29) is 11.3 Å². The number of ether oxygens (including phenoxy) is 1. The average Bonchev–Trinajstić information content (AvgIpc) is 2.28. The summed E-state index contributed by atoms with van der Waals surface area (Å²) in [6, 6.07) is 6.32. The topological polar surface area (TPSA) is 66.8 Å². The van der Waals surface area contributed by atoms with Crippen molar-refractivity contribution < 1.29 is 19.7 Å². The molecular formula is C13H12O4. The summed E-state index contributed by atoms with van der Waals surface area (Å²) in [4.78, 5) is 10.9. The van der Waals surface area contributed by atoms with E-state index in [9.17, 15) is 9.90 Å². The number of methoxy groups -OCH3 is 1. The highest BCUT2D eigenvalue weighted by atomic mass is 16.5. The van der Waals surface area contributed by atoms with Gasteiger partial charge in [-0.15, -0.1) is 0 Å². The molecule has 0 aromatic heterocycles. The zero-order valence-electron chi connectivity index (χ0n) is 9.52. The van der Waals surface area contributed by atoms with Crippen LogP contribution in [-0.2, 0) is 0 Å². The SMILES string of the molecule is COc1cc(C)cc2c(O)cc(C(=O)O)cc12. The van der Waals surface area contributed by atoms with Crippen LogP contribution in [0.1, 0.15) is 15.9 Å². The minimum absolute atomic E-state index is 0.0390. The van der Waals surface area contributed by atoms with E-state index >= 15 is 0 Å². The maximum Gasteiger partial charge on any atom is 0.335 e. The van der Waals surface area contributed by atoms with Gasteiger partial charge in [0.15, 0.2) is 0 Å². The number of hydrogen-bond donors (Lipinski definition) is 2. The van der Waals surface area contributed by atoms with Crippen LogP contribution in [0.3, 0.4) is 0 Å². The summed E-state index contributed by atoms with van der Waals surface area (Å²) in [6.45, 7) is 1.88. The maximum absolute atomic E-state index is 10.9. The molecule has 0 fully saturated rings. The molecule has 2 rings (SSSR count). The number of hydrogen-bond acceptors (Lipinski definition) is 3. The van der Waals surface area contributed by atoms with Crippen LogP contribution in [0.2, 0.25) is 0 Å². The van der Waals surface area contributed by atoms with Crippen molar-refractivity contribution in [1.82, 2.24) is 0 Å². The Labute approximate surface area is 98.1 Å². The lowest BCUT2D eigenvalue weighted by Crippen LogP contribution is -1.97. The summed E-state index contributed by atoms with van der Waals surface area (Å²) >= 11 is 0. The molecule has 0 radical (unpaired) electrons. The first kappa shape index (κ1) is 11.3. The number of phenolic OH excluding ortho intramolecular Hbond substituents is 1. The van der Waals surface area contributed by atoms with E-state index in [0.717, 1.165) is 5.56 Å². The van der Waals surface area contributed by atoms with E-state index in [1.165, 1.54) is 19.2 Å². The first-order valence-corrected chi connectivity index (χ1v) is 5.07. The van der Waals surface area contributed by atoms with E-state index < -0.39 is 5.97 Å². The van der Waals surface area contributed by atoms with Crippen molar-refractivity contribution in [3.8, 4) is 11.5 Å². The molecular weight excluding hydrogens is 220 g/mol. The van der Waals surface area contributed by atoms with Crippen molar-refractivity contribution in [2.75, 3.05) is 7.11 Å². The van der Waals surface area contributed by atoms with E-state index in [0.29, 0.717) is 16.5 Å². The molecule has 0 aliphatic heterocycles. The van der Waals surface area contributed by atoms with Crippen LogP contribution in [0.25, 0.3) is 10.8 Å². The molecule has 0 aliphatic carbocycles. The van der Waals surface area contributed by atoms with Gasteiger partial charge in [-0.1, -0.05) is 0 Å². The van der Waals surface area contributed by atoms with Crippen molar-refractivity contribution in [2.45, 2.75) is 6.92 Å². The Morgan fingerprint density at radius 1 is 1.18 bits per heavy atom. The molecule has 88 valence electrons. The molecule has 0 saturated heterocycles. The summed E-state index contributed by atoms with van der Waals surface area (Å²) in [6.07, 6.45) is 0. The van der Waals surface area contributed by atoms with Gasteiger partial charge >= 0.3 is 5.97 Å². The molecule has 4 heteroatoms. The van der Waals surface area contributed by atoms with Gasteiger partial charge in [0.1, 0.15) is 11.5 Å². The number of carboxylic acid groups (broad SMARTS) is 1. The van der Waals surface area contributed by atoms with Crippen LogP contribution in [-0.4, -0.2) is 23.3 Å². The first-order valence-electron chi connectivity index (χ1n) is 5.07. The Kier molecular flexibility index (Phi) is 2.63. The molecule has 0 amide bonds. The van der Waals surface area contributed by atoms with Gasteiger partial charge in [0.05, 0.1) is 12.7 Å². The van der Waals surface area contributed by atoms with Crippen LogP contribution in [0, 0.1) is 6.92 Å². The van der Waals surface area contributed by atoms with Crippen molar-refractivity contribution in [1.29, 1.82) is 0 Å². The van der Waals surface area contributed by atoms with E-state index in [1.807, 2.05) is 6.92 Å². The number of rotatable bonds is 2. The number of carbonyl (C=O) groups is 1. The second kappa shape index (κ2) is 3.97. The quantitative estimate of drug-likeness (QED) is 0.835. The summed E-state index contributed by atoms with van der Waals surface area (Å²) in [7, 11) is 1.51. The molecule has 2 N–H and O–H groups in total. The van der Waals surface area contributed by atoms with Crippen LogP contribution in [0.15, 0.2) is 24.3 Å². The Morgan fingerprint density at radius 2 is 1.88 bits per heavy atom. The number of phenols is 1. The maximum atomic E-state index is 10.9. The molecule has 0 saturated carbocycles. The smallest absolute Gasteiger partial charge is 0.335 e. The molecule has 4 nitrogen and oxygen atoms in total. The summed E-state index contributed by atoms with van der Waals surface area (Å²) < 4.78 is 5.19. The molecule has 0 unspecified atom stereocenters. The van der Waals surface area contributed by atoms with Gasteiger partial charge in [0, 0.05) is 10.8 Å². The summed E-state index contributed by atoms with van der Waals surface area (Å²) in [5, 5.41) is 19.9. The third-order valence-corrected chi connectivity index (χ3v) is 2.62. The highest BCUT2D eigenvalue weighted by Crippen LogP contribution is 2.34. The fourth-order valence-electron chi connectivity index (χ4n) is 1.84. The number of aromatic hydroxyl groups is 1. The van der Waals surface area contributed by atoms with Gasteiger partial charge in [-0.05, 0) is 36.8 Å². The number of carboxylic acids is 1. The van der Waals surface area contributed by atoms with Crippen molar-refractivity contribution in [3.63, 3.8) is 0 Å². The molecule has 0 heterocycles. The van der Waals surface area contributed by atoms with Crippen LogP contribution in [0.4, 0.5) is 0 Å². The lowest BCUT2D eigenvalue weighted by Gasteiger charge is -2.09. The molecule has 2 aromatic carbocycles. The van der Waals surface area contributed by atoms with Gasteiger partial charge in [-0.3, -0.25) is 0 Å². The van der Waals surface area contributed by atoms with Crippen molar-refractivity contribution >= 4 is 16.7 Å². The normalized spacial score (nSPS) is 10.5. The molecule has 2 aromatic rings. The zero-order chi connectivity index (χ0) is 12.6. The zero-order valence-corrected chi connectivity index (χ0v) is 9.52. The summed E-state index contributed by atoms with van der Waals surface area (Å²) in [5.74, 6) is -0.579. The van der Waals surface area contributed by atoms with Gasteiger partial charge in [0.2, 0.25) is 0 Å². The number of aromatic carboxylic acids is 1. The van der Waals surface area contributed by atoms with E-state index in [1.54, 1.807) is 12.1 Å². The Balaban J connectivity index is 2.86. The standard InChI is InChI=1S/C13H12O4/c1-7-3-9-10(12(4-7)17-2)5-8(13(15)16)6-11(9)14/h3-6,14H,1-2H3,(H,15,16). The summed E-state index contributed by atoms with van der Waals surface area (Å²) in [5.41, 5.74) is 0.977. The Hall–Kier alpha value is -2.23. The third kappa shape index (κ3) is 1.89. The first-order chi connectivity index (χ1) is 8.02. The molecule has 0 spiro atoms. The highest BCUT2D eigenvalue weighted by molar-refractivity contribution is 6.00. The van der Waals surface area contributed by atoms with Crippen LogP contribution >= 0.6 is 0 Å². The second-order valence-electron chi connectivity index (χ2n) is 3.86. The predicted molar refractivity (Wildman–Crippen MR) is 63.9 cm³/mol. The molecule has 0 aliphatic rings. The molecule has 17 heavy (non-hydrogen) atoms. The fraction of sp³-hybridized carbons (Fsp3) is 0.154. The molecule has 0 bridgehead atoms. The monoisotopic (exact) mass is 232 g/mol. The van der Waals surface area contributed by atoms with Gasteiger partial charge in [-0.25, -0.2) is 4.79 Å². The van der Waals surface area contributed by atoms with Crippen molar-refractivity contribution in [3.05, 3.63) is 35.4 Å². The largest absolute Gasteiger partial charge is 0.507 e. The lowest BCUT2D eigenvalue weighted by atomic mass is 10.0. The van der Waals surface area contributed by atoms with Crippen LogP contribution in [0.5, 0.6) is 11.5 Å². The fourth-order valence-corrected chi connectivity index (χ4v) is 1.84. The van der Waals surface area contributed by atoms with Crippen LogP contribution < -0.4 is 4.74 Å². The Morgan fingerprint density at radius 3 is 2.47 bits per heavy atom.